The predicted molar refractivity (Wildman–Crippen MR) is 47.3 cm³/mol. The van der Waals surface area contributed by atoms with Crippen LogP contribution in [0.5, 0.6) is 0 Å². The van der Waals surface area contributed by atoms with Gasteiger partial charge in [0.15, 0.2) is 6.61 Å². The Bertz CT molecular complexity index is 205. The summed E-state index contributed by atoms with van der Waals surface area (Å²) in [7, 11) is 6.17. The molecule has 0 aromatic rings. The molecule has 12 heavy (non-hydrogen) atoms. The average Bonchev–Trinajstić information content (AvgIpc) is 1.83. The molecule has 0 radical (unpaired) electrons. The van der Waals surface area contributed by atoms with Crippen LogP contribution in [0.1, 0.15) is 6.92 Å². The number of rotatable bonds is 2. The minimum absolute atomic E-state index is 0.204. The van der Waals surface area contributed by atoms with Crippen LogP contribution in [0.4, 0.5) is 0 Å². The highest BCUT2D eigenvalue weighted by molar-refractivity contribution is 5.66. The van der Waals surface area contributed by atoms with E-state index in [1.54, 1.807) is 0 Å². The molecule has 0 aromatic carbocycles. The minimum Gasteiger partial charge on any atom is -0.453 e. The second-order valence-electron chi connectivity index (χ2n) is 3.58. The first kappa shape index (κ1) is 11.0. The molecule has 0 saturated heterocycles. The minimum atomic E-state index is -0.283. The lowest BCUT2D eigenvalue weighted by atomic mass is 10.5. The van der Waals surface area contributed by atoms with Crippen molar-refractivity contribution >= 4 is 5.97 Å². The molecule has 0 N–H and O–H groups in total. The number of hydrogen-bond donors (Lipinski definition) is 0. The van der Waals surface area contributed by atoms with Crippen molar-refractivity contribution in [3.8, 4) is 11.8 Å². The summed E-state index contributed by atoms with van der Waals surface area (Å²) in [5.74, 6) is 5.41. The third-order valence-corrected chi connectivity index (χ3v) is 1.03. The van der Waals surface area contributed by atoms with Gasteiger partial charge in [0, 0.05) is 6.92 Å². The third kappa shape index (κ3) is 8.99. The lowest BCUT2D eigenvalue weighted by Crippen LogP contribution is -2.34. The molecule has 0 unspecified atom stereocenters. The topological polar surface area (TPSA) is 26.3 Å². The maximum absolute atomic E-state index is 10.3. The van der Waals surface area contributed by atoms with Crippen LogP contribution < -0.4 is 0 Å². The number of hydrogen-bond acceptors (Lipinski definition) is 2. The second kappa shape index (κ2) is 4.78. The Kier molecular flexibility index (Phi) is 4.38. The largest absolute Gasteiger partial charge is 0.453 e. The van der Waals surface area contributed by atoms with Gasteiger partial charge in [0.05, 0.1) is 21.1 Å². The molecule has 0 aliphatic heterocycles. The Morgan fingerprint density at radius 3 is 2.33 bits per heavy atom. The first-order valence-electron chi connectivity index (χ1n) is 3.81. The summed E-state index contributed by atoms with van der Waals surface area (Å²) in [5.41, 5.74) is 0. The standard InChI is InChI=1S/C9H16NO2/c1-9(11)12-8-6-5-7-10(2,3)4/h7-8H2,1-4H3/q+1. The number of esters is 1. The van der Waals surface area contributed by atoms with Gasteiger partial charge < -0.3 is 9.22 Å². The van der Waals surface area contributed by atoms with Gasteiger partial charge in [-0.3, -0.25) is 4.79 Å². The Morgan fingerprint density at radius 1 is 1.33 bits per heavy atom. The van der Waals surface area contributed by atoms with Gasteiger partial charge in [-0.1, -0.05) is 5.92 Å². The zero-order chi connectivity index (χ0) is 9.61. The number of quaternary nitrogens is 1. The van der Waals surface area contributed by atoms with E-state index < -0.39 is 0 Å². The van der Waals surface area contributed by atoms with Crippen LogP contribution in [0.15, 0.2) is 0 Å². The van der Waals surface area contributed by atoms with Crippen molar-refractivity contribution in [3.05, 3.63) is 0 Å². The molecule has 0 aliphatic carbocycles. The van der Waals surface area contributed by atoms with Gasteiger partial charge in [-0.2, -0.15) is 0 Å². The Labute approximate surface area is 73.9 Å². The number of carbonyl (C=O) groups excluding carboxylic acids is 1. The second-order valence-corrected chi connectivity index (χ2v) is 3.58. The van der Waals surface area contributed by atoms with E-state index in [1.807, 2.05) is 0 Å². The fraction of sp³-hybridized carbons (Fsp3) is 0.667. The van der Waals surface area contributed by atoms with Crippen LogP contribution in [0.2, 0.25) is 0 Å². The van der Waals surface area contributed by atoms with E-state index in [4.69, 9.17) is 0 Å². The molecular formula is C9H16NO2+. The summed E-state index contributed by atoms with van der Waals surface area (Å²) in [6.45, 7) is 2.35. The molecule has 3 nitrogen and oxygen atoms in total. The summed E-state index contributed by atoms with van der Waals surface area (Å²) in [4.78, 5) is 10.3. The van der Waals surface area contributed by atoms with E-state index in [9.17, 15) is 4.79 Å². The molecule has 0 aliphatic rings. The number of ether oxygens (including phenoxy) is 1. The molecule has 0 heterocycles. The fourth-order valence-electron chi connectivity index (χ4n) is 0.482. The smallest absolute Gasteiger partial charge is 0.303 e. The third-order valence-electron chi connectivity index (χ3n) is 1.03. The highest BCUT2D eigenvalue weighted by Crippen LogP contribution is 1.85. The van der Waals surface area contributed by atoms with Gasteiger partial charge in [0.1, 0.15) is 6.54 Å². The number of carbonyl (C=O) groups is 1. The van der Waals surface area contributed by atoms with Crippen molar-refractivity contribution in [1.29, 1.82) is 0 Å². The molecule has 0 spiro atoms. The molecule has 0 fully saturated rings. The summed E-state index contributed by atoms with van der Waals surface area (Å²) in [5, 5.41) is 0. The molecule has 0 bridgehead atoms. The van der Waals surface area contributed by atoms with Gasteiger partial charge in [0.2, 0.25) is 0 Å². The predicted octanol–water partition coefficient (Wildman–Crippen LogP) is 0.259. The van der Waals surface area contributed by atoms with Crippen LogP contribution in [-0.4, -0.2) is 44.7 Å². The first-order chi connectivity index (χ1) is 5.42. The Balaban J connectivity index is 3.55. The van der Waals surface area contributed by atoms with Crippen molar-refractivity contribution in [3.63, 3.8) is 0 Å². The van der Waals surface area contributed by atoms with E-state index in [2.05, 4.69) is 37.7 Å². The van der Waals surface area contributed by atoms with E-state index >= 15 is 0 Å². The van der Waals surface area contributed by atoms with Crippen molar-refractivity contribution in [2.75, 3.05) is 34.3 Å². The van der Waals surface area contributed by atoms with Crippen molar-refractivity contribution in [1.82, 2.24) is 0 Å². The highest BCUT2D eigenvalue weighted by atomic mass is 16.5. The molecule has 0 saturated carbocycles. The van der Waals surface area contributed by atoms with Gasteiger partial charge in [0.25, 0.3) is 0 Å². The molecule has 0 atom stereocenters. The van der Waals surface area contributed by atoms with E-state index in [-0.39, 0.29) is 12.6 Å². The lowest BCUT2D eigenvalue weighted by molar-refractivity contribution is -0.862. The number of nitrogens with zero attached hydrogens (tertiary/aromatic N) is 1. The Hall–Kier alpha value is -1.01. The normalized spacial score (nSPS) is 10.0. The molecule has 0 rings (SSSR count). The zero-order valence-corrected chi connectivity index (χ0v) is 8.18. The van der Waals surface area contributed by atoms with Crippen molar-refractivity contribution in [2.24, 2.45) is 0 Å². The summed E-state index contributed by atoms with van der Waals surface area (Å²) in [6, 6.07) is 0. The van der Waals surface area contributed by atoms with Crippen LogP contribution >= 0.6 is 0 Å². The monoisotopic (exact) mass is 170 g/mol. The molecular weight excluding hydrogens is 154 g/mol. The molecule has 0 aromatic heterocycles. The SMILES string of the molecule is CC(=O)OCC#CC[N+](C)(C)C. The van der Waals surface area contributed by atoms with E-state index in [0.717, 1.165) is 11.0 Å². The maximum Gasteiger partial charge on any atom is 0.303 e. The van der Waals surface area contributed by atoms with Crippen molar-refractivity contribution < 1.29 is 14.0 Å². The maximum atomic E-state index is 10.3. The summed E-state index contributed by atoms with van der Waals surface area (Å²) >= 11 is 0. The molecule has 3 heteroatoms. The lowest BCUT2D eigenvalue weighted by Gasteiger charge is -2.19. The van der Waals surface area contributed by atoms with E-state index in [0.29, 0.717) is 0 Å². The quantitative estimate of drug-likeness (QED) is 0.337. The van der Waals surface area contributed by atoms with Gasteiger partial charge in [-0.15, -0.1) is 0 Å². The average molecular weight is 170 g/mol. The Morgan fingerprint density at radius 2 is 1.92 bits per heavy atom. The molecule has 68 valence electrons. The van der Waals surface area contributed by atoms with Crippen LogP contribution in [-0.2, 0) is 9.53 Å². The van der Waals surface area contributed by atoms with Gasteiger partial charge in [-0.05, 0) is 5.92 Å². The highest BCUT2D eigenvalue weighted by Gasteiger charge is 2.01. The summed E-state index contributed by atoms with van der Waals surface area (Å²) < 4.78 is 5.44. The first-order valence-corrected chi connectivity index (χ1v) is 3.81. The van der Waals surface area contributed by atoms with Crippen LogP contribution in [0.3, 0.4) is 0 Å². The zero-order valence-electron chi connectivity index (χ0n) is 8.18. The fourth-order valence-corrected chi connectivity index (χ4v) is 0.482. The van der Waals surface area contributed by atoms with Crippen LogP contribution in [0, 0.1) is 11.8 Å². The van der Waals surface area contributed by atoms with Crippen LogP contribution in [0.25, 0.3) is 0 Å². The van der Waals surface area contributed by atoms with Gasteiger partial charge >= 0.3 is 5.97 Å². The van der Waals surface area contributed by atoms with E-state index in [1.165, 1.54) is 6.92 Å². The molecule has 0 amide bonds. The van der Waals surface area contributed by atoms with Crippen molar-refractivity contribution in [2.45, 2.75) is 6.92 Å². The summed E-state index contributed by atoms with van der Waals surface area (Å²) in [6.07, 6.45) is 0. The van der Waals surface area contributed by atoms with Gasteiger partial charge in [-0.25, -0.2) is 0 Å².